The maximum atomic E-state index is 11.4. The zero-order valence-electron chi connectivity index (χ0n) is 14.0. The van der Waals surface area contributed by atoms with E-state index in [4.69, 9.17) is 9.72 Å². The number of hydrogen-bond donors (Lipinski definition) is 2. The molecular formula is C18H18N4O4. The minimum Gasteiger partial charge on any atom is -0.478 e. The van der Waals surface area contributed by atoms with Crippen LogP contribution in [-0.4, -0.2) is 57.1 Å². The van der Waals surface area contributed by atoms with Crippen molar-refractivity contribution in [2.45, 2.75) is 6.61 Å². The first-order valence-corrected chi connectivity index (χ1v) is 8.32. The summed E-state index contributed by atoms with van der Waals surface area (Å²) in [6.07, 6.45) is 1.49. The predicted octanol–water partition coefficient (Wildman–Crippen LogP) is 1.42. The Hall–Kier alpha value is -2.97. The van der Waals surface area contributed by atoms with E-state index in [0.717, 1.165) is 11.1 Å². The van der Waals surface area contributed by atoms with Gasteiger partial charge in [-0.3, -0.25) is 0 Å². The van der Waals surface area contributed by atoms with Crippen LogP contribution in [0.2, 0.25) is 0 Å². The van der Waals surface area contributed by atoms with Gasteiger partial charge in [-0.25, -0.2) is 14.3 Å². The molecule has 0 amide bonds. The molecule has 0 spiro atoms. The van der Waals surface area contributed by atoms with Crippen molar-refractivity contribution < 1.29 is 19.7 Å². The summed E-state index contributed by atoms with van der Waals surface area (Å²) in [5.41, 5.74) is 2.33. The number of anilines is 1. The topological polar surface area (TPSA) is 100 Å². The van der Waals surface area contributed by atoms with E-state index in [0.29, 0.717) is 43.5 Å². The van der Waals surface area contributed by atoms with E-state index in [1.54, 1.807) is 10.6 Å². The normalized spacial score (nSPS) is 14.7. The summed E-state index contributed by atoms with van der Waals surface area (Å²) in [6, 6.07) is 8.93. The lowest BCUT2D eigenvalue weighted by Gasteiger charge is -2.28. The number of carboxylic acids is 1. The molecule has 1 fully saturated rings. The fourth-order valence-electron chi connectivity index (χ4n) is 3.04. The van der Waals surface area contributed by atoms with Gasteiger partial charge in [-0.1, -0.05) is 18.2 Å². The number of nitrogens with zero attached hydrogens (tertiary/aromatic N) is 4. The van der Waals surface area contributed by atoms with Gasteiger partial charge in [0.25, 0.3) is 0 Å². The first kappa shape index (κ1) is 16.5. The standard InChI is InChI=1S/C18H18N4O4/c23-11-12-2-1-3-13(8-12)16-19-17(21-4-6-26-7-5-21)15-9-14(18(24)25)10-22(15)20-16/h1-3,8-10,23H,4-7,11H2,(H,24,25). The van der Waals surface area contributed by atoms with Gasteiger partial charge in [0.15, 0.2) is 11.6 Å². The molecule has 1 saturated heterocycles. The van der Waals surface area contributed by atoms with Crippen LogP contribution >= 0.6 is 0 Å². The lowest BCUT2D eigenvalue weighted by atomic mass is 10.1. The highest BCUT2D eigenvalue weighted by atomic mass is 16.5. The second-order valence-electron chi connectivity index (χ2n) is 6.08. The average molecular weight is 354 g/mol. The van der Waals surface area contributed by atoms with E-state index < -0.39 is 5.97 Å². The first-order valence-electron chi connectivity index (χ1n) is 8.32. The third-order valence-electron chi connectivity index (χ3n) is 4.37. The third kappa shape index (κ3) is 3.00. The highest BCUT2D eigenvalue weighted by Crippen LogP contribution is 2.26. The molecule has 1 aliphatic rings. The second kappa shape index (κ2) is 6.74. The van der Waals surface area contributed by atoms with Crippen molar-refractivity contribution in [3.05, 3.63) is 47.7 Å². The molecule has 3 aromatic rings. The van der Waals surface area contributed by atoms with Gasteiger partial charge >= 0.3 is 5.97 Å². The van der Waals surface area contributed by atoms with Crippen LogP contribution in [-0.2, 0) is 11.3 Å². The number of morpholine rings is 1. The van der Waals surface area contributed by atoms with Crippen molar-refractivity contribution in [3.63, 3.8) is 0 Å². The van der Waals surface area contributed by atoms with Crippen LogP contribution in [0.5, 0.6) is 0 Å². The molecule has 26 heavy (non-hydrogen) atoms. The number of carboxylic acid groups (broad SMARTS) is 1. The Bertz CT molecular complexity index is 963. The van der Waals surface area contributed by atoms with Gasteiger partial charge in [0.1, 0.15) is 5.52 Å². The summed E-state index contributed by atoms with van der Waals surface area (Å²) in [4.78, 5) is 18.2. The summed E-state index contributed by atoms with van der Waals surface area (Å²) < 4.78 is 6.97. The Balaban J connectivity index is 1.89. The second-order valence-corrected chi connectivity index (χ2v) is 6.08. The Morgan fingerprint density at radius 3 is 2.77 bits per heavy atom. The molecule has 1 aromatic carbocycles. The summed E-state index contributed by atoms with van der Waals surface area (Å²) in [6.45, 7) is 2.47. The minimum absolute atomic E-state index is 0.0703. The number of rotatable bonds is 4. The number of hydrogen-bond acceptors (Lipinski definition) is 6. The summed E-state index contributed by atoms with van der Waals surface area (Å²) >= 11 is 0. The average Bonchev–Trinajstić information content (AvgIpc) is 3.12. The van der Waals surface area contributed by atoms with Crippen LogP contribution in [0.4, 0.5) is 5.82 Å². The lowest BCUT2D eigenvalue weighted by molar-refractivity contribution is 0.0697. The van der Waals surface area contributed by atoms with E-state index in [9.17, 15) is 15.0 Å². The molecule has 0 saturated carbocycles. The van der Waals surface area contributed by atoms with E-state index in [1.807, 2.05) is 24.3 Å². The number of aliphatic hydroxyl groups is 1. The summed E-state index contributed by atoms with van der Waals surface area (Å²) in [7, 11) is 0. The maximum absolute atomic E-state index is 11.4. The Morgan fingerprint density at radius 1 is 1.23 bits per heavy atom. The van der Waals surface area contributed by atoms with E-state index >= 15 is 0 Å². The van der Waals surface area contributed by atoms with Crippen LogP contribution in [0.15, 0.2) is 36.5 Å². The van der Waals surface area contributed by atoms with Crippen molar-refractivity contribution in [1.82, 2.24) is 14.6 Å². The number of aromatic carboxylic acids is 1. The molecule has 1 aliphatic heterocycles. The first-order chi connectivity index (χ1) is 12.7. The molecule has 134 valence electrons. The quantitative estimate of drug-likeness (QED) is 0.731. The molecule has 0 unspecified atom stereocenters. The highest BCUT2D eigenvalue weighted by Gasteiger charge is 2.20. The molecule has 0 radical (unpaired) electrons. The van der Waals surface area contributed by atoms with Gasteiger partial charge in [-0.2, -0.15) is 0 Å². The fraction of sp³-hybridized carbons (Fsp3) is 0.278. The molecule has 2 N–H and O–H groups in total. The van der Waals surface area contributed by atoms with Crippen molar-refractivity contribution in [2.24, 2.45) is 0 Å². The zero-order chi connectivity index (χ0) is 18.1. The number of aliphatic hydroxyl groups excluding tert-OH is 1. The van der Waals surface area contributed by atoms with Crippen molar-refractivity contribution in [2.75, 3.05) is 31.2 Å². The highest BCUT2D eigenvalue weighted by molar-refractivity contribution is 5.91. The lowest BCUT2D eigenvalue weighted by Crippen LogP contribution is -2.37. The van der Waals surface area contributed by atoms with Crippen molar-refractivity contribution >= 4 is 17.3 Å². The molecule has 0 aliphatic carbocycles. The van der Waals surface area contributed by atoms with Gasteiger partial charge in [0.05, 0.1) is 25.4 Å². The van der Waals surface area contributed by atoms with Gasteiger partial charge in [0.2, 0.25) is 0 Å². The predicted molar refractivity (Wildman–Crippen MR) is 94.3 cm³/mol. The molecule has 0 atom stereocenters. The van der Waals surface area contributed by atoms with Crippen LogP contribution < -0.4 is 4.90 Å². The molecular weight excluding hydrogens is 336 g/mol. The van der Waals surface area contributed by atoms with E-state index in [-0.39, 0.29) is 12.2 Å². The Labute approximate surface area is 149 Å². The van der Waals surface area contributed by atoms with Crippen LogP contribution in [0.25, 0.3) is 16.9 Å². The van der Waals surface area contributed by atoms with Crippen molar-refractivity contribution in [1.29, 1.82) is 0 Å². The molecule has 0 bridgehead atoms. The third-order valence-corrected chi connectivity index (χ3v) is 4.37. The van der Waals surface area contributed by atoms with Crippen molar-refractivity contribution in [3.8, 4) is 11.4 Å². The molecule has 8 heteroatoms. The summed E-state index contributed by atoms with van der Waals surface area (Å²) in [5.74, 6) is 0.147. The van der Waals surface area contributed by atoms with Gasteiger partial charge in [-0.15, -0.1) is 5.10 Å². The van der Waals surface area contributed by atoms with Crippen LogP contribution in [0.3, 0.4) is 0 Å². The van der Waals surface area contributed by atoms with Gasteiger partial charge in [0, 0.05) is 24.8 Å². The smallest absolute Gasteiger partial charge is 0.337 e. The number of ether oxygens (including phenoxy) is 1. The van der Waals surface area contributed by atoms with E-state index in [1.165, 1.54) is 6.20 Å². The number of benzene rings is 1. The van der Waals surface area contributed by atoms with E-state index in [2.05, 4.69) is 10.00 Å². The SMILES string of the molecule is O=C(O)c1cc2c(N3CCOCC3)nc(-c3cccc(CO)c3)nn2c1. The number of carbonyl (C=O) groups is 1. The molecule has 4 rings (SSSR count). The molecule has 2 aromatic heterocycles. The summed E-state index contributed by atoms with van der Waals surface area (Å²) in [5, 5.41) is 23.2. The van der Waals surface area contributed by atoms with Gasteiger partial charge in [-0.05, 0) is 17.7 Å². The largest absolute Gasteiger partial charge is 0.478 e. The fourth-order valence-corrected chi connectivity index (χ4v) is 3.04. The van der Waals surface area contributed by atoms with Gasteiger partial charge < -0.3 is 19.8 Å². The zero-order valence-corrected chi connectivity index (χ0v) is 14.0. The monoisotopic (exact) mass is 354 g/mol. The number of fused-ring (bicyclic) bond motifs is 1. The molecule has 3 heterocycles. The van der Waals surface area contributed by atoms with Crippen LogP contribution in [0.1, 0.15) is 15.9 Å². The number of aromatic nitrogens is 3. The van der Waals surface area contributed by atoms with Crippen LogP contribution in [0, 0.1) is 0 Å². The molecule has 8 nitrogen and oxygen atoms in total. The Morgan fingerprint density at radius 2 is 2.04 bits per heavy atom. The Kier molecular flexibility index (Phi) is 4.27. The maximum Gasteiger partial charge on any atom is 0.337 e. The minimum atomic E-state index is -1.01.